The van der Waals surface area contributed by atoms with Crippen LogP contribution in [0.3, 0.4) is 0 Å². The van der Waals surface area contributed by atoms with Crippen LogP contribution in [0.5, 0.6) is 0 Å². The van der Waals surface area contributed by atoms with E-state index >= 15 is 0 Å². The van der Waals surface area contributed by atoms with Crippen molar-refractivity contribution in [2.24, 2.45) is 5.73 Å². The molecule has 22 heavy (non-hydrogen) atoms. The Morgan fingerprint density at radius 2 is 1.73 bits per heavy atom. The Labute approximate surface area is 127 Å². The second kappa shape index (κ2) is 6.15. The van der Waals surface area contributed by atoms with Crippen molar-refractivity contribution in [1.29, 1.82) is 0 Å². The molecule has 116 valence electrons. The summed E-state index contributed by atoms with van der Waals surface area (Å²) in [5, 5.41) is 2.17. The van der Waals surface area contributed by atoms with E-state index in [9.17, 15) is 17.6 Å². The smallest absolute Gasteiger partial charge is 0.316 e. The topological polar surface area (TPSA) is 89.3 Å². The number of hydrogen-bond acceptors (Lipinski definition) is 3. The van der Waals surface area contributed by atoms with Crippen molar-refractivity contribution < 1.29 is 17.6 Å². The van der Waals surface area contributed by atoms with Crippen molar-refractivity contribution in [2.45, 2.75) is 11.8 Å². The highest BCUT2D eigenvalue weighted by atomic mass is 32.2. The van der Waals surface area contributed by atoms with E-state index in [0.717, 1.165) is 0 Å². The van der Waals surface area contributed by atoms with Gasteiger partial charge in [0.1, 0.15) is 5.82 Å². The van der Waals surface area contributed by atoms with Gasteiger partial charge in [-0.05, 0) is 35.4 Å². The Morgan fingerprint density at radius 1 is 1.14 bits per heavy atom. The summed E-state index contributed by atoms with van der Waals surface area (Å²) in [7, 11) is -3.26. The zero-order valence-corrected chi connectivity index (χ0v) is 12.7. The monoisotopic (exact) mass is 322 g/mol. The summed E-state index contributed by atoms with van der Waals surface area (Å²) in [5.74, 6) is -0.601. The third-order valence-corrected chi connectivity index (χ3v) is 4.90. The fraction of sp³-hybridized carbons (Fsp3) is 0.133. The van der Waals surface area contributed by atoms with Gasteiger partial charge in [-0.1, -0.05) is 25.1 Å². The quantitative estimate of drug-likeness (QED) is 0.907. The van der Waals surface area contributed by atoms with Gasteiger partial charge in [0, 0.05) is 0 Å². The number of nitrogens with two attached hydrogens (primary N) is 1. The first-order valence-corrected chi connectivity index (χ1v) is 8.18. The first-order chi connectivity index (χ1) is 10.3. The van der Waals surface area contributed by atoms with Crippen molar-refractivity contribution in [3.8, 4) is 11.1 Å². The SMILES string of the molecule is CCS(=O)(=O)c1ccc(-c2ccc(NC(N)=O)c(F)c2)cc1. The van der Waals surface area contributed by atoms with E-state index in [4.69, 9.17) is 5.73 Å². The van der Waals surface area contributed by atoms with E-state index in [0.29, 0.717) is 11.1 Å². The Bertz CT molecular complexity index is 802. The minimum Gasteiger partial charge on any atom is -0.351 e. The van der Waals surface area contributed by atoms with Crippen LogP contribution in [0, 0.1) is 5.82 Å². The third kappa shape index (κ3) is 3.43. The lowest BCUT2D eigenvalue weighted by atomic mass is 10.1. The van der Waals surface area contributed by atoms with Gasteiger partial charge in [0.15, 0.2) is 9.84 Å². The van der Waals surface area contributed by atoms with Crippen LogP contribution in [0.1, 0.15) is 6.92 Å². The number of nitrogens with one attached hydrogen (secondary N) is 1. The maximum absolute atomic E-state index is 13.9. The molecule has 0 aliphatic carbocycles. The van der Waals surface area contributed by atoms with Crippen LogP contribution in [-0.4, -0.2) is 20.2 Å². The van der Waals surface area contributed by atoms with Crippen LogP contribution in [0.25, 0.3) is 11.1 Å². The molecule has 0 radical (unpaired) electrons. The van der Waals surface area contributed by atoms with Crippen LogP contribution in [0.4, 0.5) is 14.9 Å². The molecule has 0 aromatic heterocycles. The molecule has 0 fully saturated rings. The van der Waals surface area contributed by atoms with E-state index in [1.807, 2.05) is 0 Å². The molecular formula is C15H15FN2O3S. The minimum atomic E-state index is -3.26. The van der Waals surface area contributed by atoms with Crippen molar-refractivity contribution in [2.75, 3.05) is 11.1 Å². The second-order valence-electron chi connectivity index (χ2n) is 4.61. The van der Waals surface area contributed by atoms with Crippen molar-refractivity contribution in [3.63, 3.8) is 0 Å². The van der Waals surface area contributed by atoms with Gasteiger partial charge in [-0.3, -0.25) is 0 Å². The number of benzene rings is 2. The van der Waals surface area contributed by atoms with Crippen LogP contribution < -0.4 is 11.1 Å². The largest absolute Gasteiger partial charge is 0.351 e. The molecule has 0 unspecified atom stereocenters. The summed E-state index contributed by atoms with van der Waals surface area (Å²) >= 11 is 0. The predicted octanol–water partition coefficient (Wildman–Crippen LogP) is 2.78. The fourth-order valence-corrected chi connectivity index (χ4v) is 2.83. The number of hydrogen-bond donors (Lipinski definition) is 2. The number of anilines is 1. The lowest BCUT2D eigenvalue weighted by molar-refractivity contribution is 0.259. The number of halogens is 1. The van der Waals surface area contributed by atoms with Gasteiger partial charge in [-0.2, -0.15) is 0 Å². The zero-order chi connectivity index (χ0) is 16.3. The summed E-state index contributed by atoms with van der Waals surface area (Å²) in [4.78, 5) is 11.0. The summed E-state index contributed by atoms with van der Waals surface area (Å²) in [6, 6.07) is 9.60. The molecule has 0 saturated heterocycles. The van der Waals surface area contributed by atoms with Crippen molar-refractivity contribution in [1.82, 2.24) is 0 Å². The molecule has 2 aromatic carbocycles. The van der Waals surface area contributed by atoms with Gasteiger partial charge in [0.05, 0.1) is 16.3 Å². The van der Waals surface area contributed by atoms with Gasteiger partial charge in [0.25, 0.3) is 0 Å². The van der Waals surface area contributed by atoms with E-state index in [-0.39, 0.29) is 16.3 Å². The molecule has 7 heteroatoms. The summed E-state index contributed by atoms with van der Waals surface area (Å²) in [6.45, 7) is 1.57. The average molecular weight is 322 g/mol. The van der Waals surface area contributed by atoms with Crippen molar-refractivity contribution >= 4 is 21.6 Å². The molecule has 5 nitrogen and oxygen atoms in total. The van der Waals surface area contributed by atoms with Crippen LogP contribution in [0.15, 0.2) is 47.4 Å². The molecule has 3 N–H and O–H groups in total. The third-order valence-electron chi connectivity index (χ3n) is 3.15. The molecule has 0 aliphatic heterocycles. The number of carbonyl (C=O) groups excluding carboxylic acids is 1. The van der Waals surface area contributed by atoms with Gasteiger partial charge in [-0.15, -0.1) is 0 Å². The number of sulfone groups is 1. The number of primary amides is 1. The fourth-order valence-electron chi connectivity index (χ4n) is 1.95. The maximum atomic E-state index is 13.9. The highest BCUT2D eigenvalue weighted by molar-refractivity contribution is 7.91. The standard InChI is InChI=1S/C15H15FN2O3S/c1-2-22(20,21)12-6-3-10(4-7-12)11-5-8-14(13(16)9-11)18-15(17)19/h3-9H,2H2,1H3,(H3,17,18,19). The first kappa shape index (κ1) is 16.0. The predicted molar refractivity (Wildman–Crippen MR) is 82.8 cm³/mol. The Hall–Kier alpha value is -2.41. The van der Waals surface area contributed by atoms with Crippen molar-refractivity contribution in [3.05, 3.63) is 48.3 Å². The molecule has 2 amide bonds. The van der Waals surface area contributed by atoms with Gasteiger partial charge < -0.3 is 11.1 Å². The highest BCUT2D eigenvalue weighted by Crippen LogP contribution is 2.25. The van der Waals surface area contributed by atoms with E-state index in [1.165, 1.54) is 24.3 Å². The summed E-state index contributed by atoms with van der Waals surface area (Å²) < 4.78 is 37.3. The Balaban J connectivity index is 2.33. The molecule has 0 spiro atoms. The highest BCUT2D eigenvalue weighted by Gasteiger charge is 2.12. The first-order valence-electron chi connectivity index (χ1n) is 6.52. The summed E-state index contributed by atoms with van der Waals surface area (Å²) in [5.41, 5.74) is 6.16. The number of urea groups is 1. The average Bonchev–Trinajstić information content (AvgIpc) is 2.49. The maximum Gasteiger partial charge on any atom is 0.316 e. The van der Waals surface area contributed by atoms with Crippen LogP contribution in [-0.2, 0) is 9.84 Å². The lowest BCUT2D eigenvalue weighted by Crippen LogP contribution is -2.19. The van der Waals surface area contributed by atoms with Gasteiger partial charge >= 0.3 is 6.03 Å². The molecule has 0 bridgehead atoms. The van der Waals surface area contributed by atoms with E-state index in [1.54, 1.807) is 25.1 Å². The van der Waals surface area contributed by atoms with Gasteiger partial charge in [0.2, 0.25) is 0 Å². The van der Waals surface area contributed by atoms with Gasteiger partial charge in [-0.25, -0.2) is 17.6 Å². The van der Waals surface area contributed by atoms with Crippen LogP contribution >= 0.6 is 0 Å². The number of carbonyl (C=O) groups is 1. The Morgan fingerprint density at radius 3 is 2.23 bits per heavy atom. The minimum absolute atomic E-state index is 0.0126. The second-order valence-corrected chi connectivity index (χ2v) is 6.89. The van der Waals surface area contributed by atoms with Crippen LogP contribution in [0.2, 0.25) is 0 Å². The normalized spacial score (nSPS) is 11.2. The summed E-state index contributed by atoms with van der Waals surface area (Å²) in [6.07, 6.45) is 0. The molecule has 2 aromatic rings. The molecule has 0 atom stereocenters. The number of rotatable bonds is 4. The number of amides is 2. The van der Waals surface area contributed by atoms with E-state index < -0.39 is 21.7 Å². The molecule has 0 heterocycles. The zero-order valence-electron chi connectivity index (χ0n) is 11.8. The molecule has 0 aliphatic rings. The molecular weight excluding hydrogens is 307 g/mol. The lowest BCUT2D eigenvalue weighted by Gasteiger charge is -2.08. The Kier molecular flexibility index (Phi) is 4.46. The van der Waals surface area contributed by atoms with E-state index in [2.05, 4.69) is 5.32 Å². The molecule has 0 saturated carbocycles. The molecule has 2 rings (SSSR count).